The molecule has 0 aliphatic carbocycles. The summed E-state index contributed by atoms with van der Waals surface area (Å²) >= 11 is 0. The number of benzene rings is 1. The molecule has 1 rings (SSSR count). The number of carbonyl (C=O) groups excluding carboxylic acids is 1. The molecule has 0 aliphatic rings. The Morgan fingerprint density at radius 1 is 1.17 bits per heavy atom. The molecule has 24 heavy (non-hydrogen) atoms. The van der Waals surface area contributed by atoms with E-state index in [4.69, 9.17) is 4.74 Å². The van der Waals surface area contributed by atoms with Crippen LogP contribution < -0.4 is 14.8 Å². The lowest BCUT2D eigenvalue weighted by atomic mass is 10.0. The van der Waals surface area contributed by atoms with Gasteiger partial charge in [0.1, 0.15) is 10.6 Å². The standard InChI is InChI=1S/C17H28N2O4S/c1-11(2)13-8-9-14(23-7)15(10-13)24(21,22)19-12(3)16(20)18-17(4,5)6/h8-12,19H,1-7H3,(H,18,20). The number of methoxy groups -OCH3 is 1. The first kappa shape index (κ1) is 20.4. The Labute approximate surface area is 145 Å². The summed E-state index contributed by atoms with van der Waals surface area (Å²) < 4.78 is 33.0. The number of hydrogen-bond acceptors (Lipinski definition) is 4. The van der Waals surface area contributed by atoms with Crippen molar-refractivity contribution in [1.29, 1.82) is 0 Å². The molecular formula is C17H28N2O4S. The quantitative estimate of drug-likeness (QED) is 0.820. The van der Waals surface area contributed by atoms with Crippen molar-refractivity contribution in [3.8, 4) is 5.75 Å². The Balaban J connectivity index is 3.12. The maximum atomic E-state index is 12.7. The van der Waals surface area contributed by atoms with Crippen LogP contribution in [-0.4, -0.2) is 33.0 Å². The van der Waals surface area contributed by atoms with Crippen LogP contribution in [0.2, 0.25) is 0 Å². The van der Waals surface area contributed by atoms with Gasteiger partial charge in [-0.3, -0.25) is 4.79 Å². The third kappa shape index (κ3) is 5.49. The molecule has 0 aliphatic heterocycles. The highest BCUT2D eigenvalue weighted by atomic mass is 32.2. The first-order chi connectivity index (χ1) is 10.9. The van der Waals surface area contributed by atoms with Crippen LogP contribution in [0.25, 0.3) is 0 Å². The summed E-state index contributed by atoms with van der Waals surface area (Å²) in [5.74, 6) is 0.0341. The van der Waals surface area contributed by atoms with Crippen LogP contribution in [0.15, 0.2) is 23.1 Å². The molecule has 0 saturated heterocycles. The molecule has 2 N–H and O–H groups in total. The minimum atomic E-state index is -3.89. The third-order valence-corrected chi connectivity index (χ3v) is 4.93. The monoisotopic (exact) mass is 356 g/mol. The molecule has 1 unspecified atom stereocenters. The summed E-state index contributed by atoms with van der Waals surface area (Å²) in [6.45, 7) is 11.0. The smallest absolute Gasteiger partial charge is 0.244 e. The zero-order chi connectivity index (χ0) is 18.7. The molecule has 136 valence electrons. The normalized spacial score (nSPS) is 13.7. The van der Waals surface area contributed by atoms with E-state index in [9.17, 15) is 13.2 Å². The van der Waals surface area contributed by atoms with Crippen molar-refractivity contribution in [1.82, 2.24) is 10.0 Å². The molecule has 1 aromatic carbocycles. The second kappa shape index (κ2) is 7.53. The SMILES string of the molecule is COc1ccc(C(C)C)cc1S(=O)(=O)NC(C)C(=O)NC(C)(C)C. The van der Waals surface area contributed by atoms with E-state index in [1.807, 2.05) is 40.7 Å². The summed E-state index contributed by atoms with van der Waals surface area (Å²) in [6.07, 6.45) is 0. The average Bonchev–Trinajstić information content (AvgIpc) is 2.44. The minimum Gasteiger partial charge on any atom is -0.495 e. The molecule has 6 nitrogen and oxygen atoms in total. The summed E-state index contributed by atoms with van der Waals surface area (Å²) in [4.78, 5) is 12.2. The second-order valence-electron chi connectivity index (χ2n) is 7.15. The first-order valence-electron chi connectivity index (χ1n) is 7.89. The maximum Gasteiger partial charge on any atom is 0.244 e. The second-order valence-corrected chi connectivity index (χ2v) is 8.83. The predicted molar refractivity (Wildman–Crippen MR) is 94.8 cm³/mol. The Hall–Kier alpha value is -1.60. The van der Waals surface area contributed by atoms with Crippen LogP contribution in [0.3, 0.4) is 0 Å². The van der Waals surface area contributed by atoms with Gasteiger partial charge in [0.15, 0.2) is 0 Å². The molecule has 7 heteroatoms. The highest BCUT2D eigenvalue weighted by Gasteiger charge is 2.27. The van der Waals surface area contributed by atoms with E-state index in [0.29, 0.717) is 0 Å². The lowest BCUT2D eigenvalue weighted by Gasteiger charge is -2.24. The molecule has 1 aromatic rings. The first-order valence-corrected chi connectivity index (χ1v) is 9.38. The van der Waals surface area contributed by atoms with E-state index >= 15 is 0 Å². The molecule has 0 radical (unpaired) electrons. The van der Waals surface area contributed by atoms with Crippen molar-refractivity contribution in [3.63, 3.8) is 0 Å². The maximum absolute atomic E-state index is 12.7. The van der Waals surface area contributed by atoms with Gasteiger partial charge in [0, 0.05) is 5.54 Å². The molecule has 1 amide bonds. The fraction of sp³-hybridized carbons (Fsp3) is 0.588. The number of ether oxygens (including phenoxy) is 1. The van der Waals surface area contributed by atoms with Gasteiger partial charge in [0.25, 0.3) is 0 Å². The largest absolute Gasteiger partial charge is 0.495 e. The average molecular weight is 356 g/mol. The number of rotatable bonds is 6. The van der Waals surface area contributed by atoms with Crippen molar-refractivity contribution in [2.75, 3.05) is 7.11 Å². The molecule has 0 fully saturated rings. The summed E-state index contributed by atoms with van der Waals surface area (Å²) in [5, 5.41) is 2.75. The van der Waals surface area contributed by atoms with Gasteiger partial charge in [-0.15, -0.1) is 0 Å². The number of nitrogens with one attached hydrogen (secondary N) is 2. The summed E-state index contributed by atoms with van der Waals surface area (Å²) in [6, 6.07) is 4.14. The topological polar surface area (TPSA) is 84.5 Å². The van der Waals surface area contributed by atoms with Gasteiger partial charge in [-0.05, 0) is 51.3 Å². The zero-order valence-corrected chi connectivity index (χ0v) is 16.2. The van der Waals surface area contributed by atoms with E-state index in [0.717, 1.165) is 5.56 Å². The molecule has 0 bridgehead atoms. The lowest BCUT2D eigenvalue weighted by Crippen LogP contribution is -2.50. The van der Waals surface area contributed by atoms with Crippen molar-refractivity contribution >= 4 is 15.9 Å². The van der Waals surface area contributed by atoms with Crippen LogP contribution >= 0.6 is 0 Å². The van der Waals surface area contributed by atoms with Crippen LogP contribution in [0.4, 0.5) is 0 Å². The third-order valence-electron chi connectivity index (χ3n) is 3.37. The Morgan fingerprint density at radius 3 is 2.21 bits per heavy atom. The lowest BCUT2D eigenvalue weighted by molar-refractivity contribution is -0.123. The highest BCUT2D eigenvalue weighted by Crippen LogP contribution is 2.28. The van der Waals surface area contributed by atoms with Crippen LogP contribution in [0.5, 0.6) is 5.75 Å². The molecule has 0 aromatic heterocycles. The van der Waals surface area contributed by atoms with Gasteiger partial charge < -0.3 is 10.1 Å². The van der Waals surface area contributed by atoms with Crippen molar-refractivity contribution in [3.05, 3.63) is 23.8 Å². The van der Waals surface area contributed by atoms with E-state index in [-0.39, 0.29) is 22.5 Å². The molecule has 0 saturated carbocycles. The molecular weight excluding hydrogens is 328 g/mol. The van der Waals surface area contributed by atoms with Crippen LogP contribution in [0, 0.1) is 0 Å². The van der Waals surface area contributed by atoms with E-state index in [1.54, 1.807) is 12.1 Å². The zero-order valence-electron chi connectivity index (χ0n) is 15.4. The Kier molecular flexibility index (Phi) is 6.41. The van der Waals surface area contributed by atoms with E-state index < -0.39 is 21.6 Å². The fourth-order valence-electron chi connectivity index (χ4n) is 2.09. The van der Waals surface area contributed by atoms with Gasteiger partial charge in [-0.2, -0.15) is 4.72 Å². The fourth-order valence-corrected chi connectivity index (χ4v) is 3.50. The van der Waals surface area contributed by atoms with Gasteiger partial charge in [0.2, 0.25) is 15.9 Å². The molecule has 0 heterocycles. The number of hydrogen-bond donors (Lipinski definition) is 2. The Bertz CT molecular complexity index is 691. The van der Waals surface area contributed by atoms with Gasteiger partial charge in [-0.25, -0.2) is 8.42 Å². The minimum absolute atomic E-state index is 0.0339. The van der Waals surface area contributed by atoms with Crippen molar-refractivity contribution < 1.29 is 17.9 Å². The van der Waals surface area contributed by atoms with E-state index in [1.165, 1.54) is 14.0 Å². The van der Waals surface area contributed by atoms with Gasteiger partial charge in [0.05, 0.1) is 13.2 Å². The van der Waals surface area contributed by atoms with Crippen LogP contribution in [0.1, 0.15) is 53.0 Å². The number of sulfonamides is 1. The summed E-state index contributed by atoms with van der Waals surface area (Å²) in [7, 11) is -2.48. The van der Waals surface area contributed by atoms with Crippen molar-refractivity contribution in [2.45, 2.75) is 63.9 Å². The number of amides is 1. The Morgan fingerprint density at radius 2 is 1.75 bits per heavy atom. The van der Waals surface area contributed by atoms with Gasteiger partial charge in [-0.1, -0.05) is 19.9 Å². The van der Waals surface area contributed by atoms with Crippen LogP contribution in [-0.2, 0) is 14.8 Å². The summed E-state index contributed by atoms with van der Waals surface area (Å²) in [5.41, 5.74) is 0.439. The molecule has 0 spiro atoms. The molecule has 1 atom stereocenters. The van der Waals surface area contributed by atoms with Gasteiger partial charge >= 0.3 is 0 Å². The van der Waals surface area contributed by atoms with Crippen molar-refractivity contribution in [2.24, 2.45) is 0 Å². The van der Waals surface area contributed by atoms with E-state index in [2.05, 4.69) is 10.0 Å². The predicted octanol–water partition coefficient (Wildman–Crippen LogP) is 2.40. The number of carbonyl (C=O) groups is 1. The highest BCUT2D eigenvalue weighted by molar-refractivity contribution is 7.89.